The van der Waals surface area contributed by atoms with Crippen LogP contribution in [0.1, 0.15) is 6.42 Å². The molecule has 0 radical (unpaired) electrons. The average molecular weight is 586 g/mol. The van der Waals surface area contributed by atoms with E-state index >= 15 is 0 Å². The van der Waals surface area contributed by atoms with Crippen molar-refractivity contribution in [1.29, 1.82) is 0 Å². The van der Waals surface area contributed by atoms with Crippen molar-refractivity contribution >= 4 is 44.3 Å². The molecule has 0 atom stereocenters. The predicted molar refractivity (Wildman–Crippen MR) is 151 cm³/mol. The number of likely N-dealkylation sites (N-methyl/N-ethyl adjacent to an activating group) is 1. The summed E-state index contributed by atoms with van der Waals surface area (Å²) in [6.07, 6.45) is 1.78. The van der Waals surface area contributed by atoms with Crippen LogP contribution in [0.3, 0.4) is 0 Å². The van der Waals surface area contributed by atoms with E-state index in [1.807, 2.05) is 0 Å². The minimum atomic E-state index is -4.24. The Hall–Kier alpha value is -4.63. The van der Waals surface area contributed by atoms with E-state index in [2.05, 4.69) is 25.1 Å². The predicted octanol–water partition coefficient (Wildman–Crippen LogP) is 2.24. The van der Waals surface area contributed by atoms with Crippen LogP contribution in [0.4, 0.5) is 17.3 Å². The fourth-order valence-corrected chi connectivity index (χ4v) is 4.60. The maximum atomic E-state index is 13.4. The SMILES string of the molecule is COc1cc(Nc2nc3ccccc3nc2NS(=O)(=O)c2ccn(CC(=O)N(C)C)n2)c(OCCCO)c(OC)c1. The molecule has 4 aromatic rings. The summed E-state index contributed by atoms with van der Waals surface area (Å²) in [5.41, 5.74) is 1.30. The number of anilines is 3. The van der Waals surface area contributed by atoms with Gasteiger partial charge in [-0.15, -0.1) is 0 Å². The van der Waals surface area contributed by atoms with Gasteiger partial charge < -0.3 is 29.5 Å². The van der Waals surface area contributed by atoms with Crippen molar-refractivity contribution < 1.29 is 32.5 Å². The highest BCUT2D eigenvalue weighted by atomic mass is 32.2. The number of aliphatic hydroxyl groups excluding tert-OH is 1. The third kappa shape index (κ3) is 6.93. The van der Waals surface area contributed by atoms with E-state index in [0.29, 0.717) is 40.4 Å². The largest absolute Gasteiger partial charge is 0.497 e. The minimum absolute atomic E-state index is 0.0665. The van der Waals surface area contributed by atoms with Gasteiger partial charge in [0.1, 0.15) is 12.3 Å². The van der Waals surface area contributed by atoms with Crippen LogP contribution in [0.25, 0.3) is 11.0 Å². The molecule has 0 aliphatic heterocycles. The van der Waals surface area contributed by atoms with Gasteiger partial charge >= 0.3 is 0 Å². The minimum Gasteiger partial charge on any atom is -0.497 e. The van der Waals surface area contributed by atoms with Gasteiger partial charge in [-0.25, -0.2) is 9.97 Å². The number of carbonyl (C=O) groups is 1. The zero-order valence-corrected chi connectivity index (χ0v) is 23.8. The first-order valence-corrected chi connectivity index (χ1v) is 13.9. The molecule has 2 aromatic carbocycles. The van der Waals surface area contributed by atoms with Gasteiger partial charge in [0.15, 0.2) is 28.2 Å². The summed E-state index contributed by atoms with van der Waals surface area (Å²) in [5.74, 6) is 0.797. The summed E-state index contributed by atoms with van der Waals surface area (Å²) in [6, 6.07) is 11.5. The molecule has 0 aliphatic rings. The molecule has 0 fully saturated rings. The van der Waals surface area contributed by atoms with Gasteiger partial charge in [0.25, 0.3) is 10.0 Å². The lowest BCUT2D eigenvalue weighted by Crippen LogP contribution is -2.26. The molecule has 41 heavy (non-hydrogen) atoms. The summed E-state index contributed by atoms with van der Waals surface area (Å²) in [5, 5.41) is 16.1. The number of nitrogens with one attached hydrogen (secondary N) is 2. The highest BCUT2D eigenvalue weighted by Gasteiger charge is 2.24. The fraction of sp³-hybridized carbons (Fsp3) is 0.308. The molecule has 0 unspecified atom stereocenters. The van der Waals surface area contributed by atoms with Gasteiger partial charge in [-0.05, 0) is 18.2 Å². The smallest absolute Gasteiger partial charge is 0.282 e. The van der Waals surface area contributed by atoms with Gasteiger partial charge in [0.05, 0.1) is 37.5 Å². The highest BCUT2D eigenvalue weighted by Crippen LogP contribution is 2.42. The number of sulfonamides is 1. The van der Waals surface area contributed by atoms with Crippen molar-refractivity contribution in [3.8, 4) is 17.2 Å². The first kappa shape index (κ1) is 29.4. The monoisotopic (exact) mass is 585 g/mol. The number of aliphatic hydroxyl groups is 1. The molecule has 0 saturated carbocycles. The van der Waals surface area contributed by atoms with E-state index < -0.39 is 10.0 Å². The standard InChI is InChI=1S/C26H31N7O7S/c1-32(2)23(35)16-33-11-10-22(30-33)41(36,37)31-26-25(27-18-8-5-6-9-19(18)28-26)29-20-14-17(38-3)15-21(39-4)24(20)40-13-7-12-34/h5-6,8-11,14-15,34H,7,12-13,16H2,1-4H3,(H,27,29)(H,28,31). The van der Waals surface area contributed by atoms with Crippen molar-refractivity contribution in [2.24, 2.45) is 0 Å². The number of ether oxygens (including phenoxy) is 3. The first-order valence-electron chi connectivity index (χ1n) is 12.4. The molecule has 0 bridgehead atoms. The Morgan fingerprint density at radius 2 is 1.76 bits per heavy atom. The highest BCUT2D eigenvalue weighted by molar-refractivity contribution is 7.92. The van der Waals surface area contributed by atoms with Crippen LogP contribution in [0.2, 0.25) is 0 Å². The van der Waals surface area contributed by atoms with E-state index in [-0.39, 0.29) is 42.3 Å². The van der Waals surface area contributed by atoms with Crippen LogP contribution in [0.5, 0.6) is 17.2 Å². The molecule has 3 N–H and O–H groups in total. The van der Waals surface area contributed by atoms with Gasteiger partial charge in [-0.2, -0.15) is 13.5 Å². The van der Waals surface area contributed by atoms with Gasteiger partial charge in [-0.1, -0.05) is 12.1 Å². The van der Waals surface area contributed by atoms with Crippen molar-refractivity contribution in [2.45, 2.75) is 18.0 Å². The number of fused-ring (bicyclic) bond motifs is 1. The Morgan fingerprint density at radius 1 is 1.05 bits per heavy atom. The molecular weight excluding hydrogens is 554 g/mol. The lowest BCUT2D eigenvalue weighted by Gasteiger charge is -2.19. The molecular formula is C26H31N7O7S. The molecule has 14 nitrogen and oxygen atoms in total. The second-order valence-corrected chi connectivity index (χ2v) is 10.5. The number of carbonyl (C=O) groups excluding carboxylic acids is 1. The Labute approximate surface area is 236 Å². The molecule has 1 amide bonds. The van der Waals surface area contributed by atoms with Crippen LogP contribution >= 0.6 is 0 Å². The maximum Gasteiger partial charge on any atom is 0.282 e. The van der Waals surface area contributed by atoms with Crippen LogP contribution in [0.15, 0.2) is 53.7 Å². The third-order valence-corrected chi connectivity index (χ3v) is 7.01. The number of amides is 1. The number of hydrogen-bond donors (Lipinski definition) is 3. The summed E-state index contributed by atoms with van der Waals surface area (Å²) in [6.45, 7) is -0.0000479. The number of hydrogen-bond acceptors (Lipinski definition) is 11. The first-order chi connectivity index (χ1) is 19.6. The summed E-state index contributed by atoms with van der Waals surface area (Å²) < 4.78 is 47.2. The fourth-order valence-electron chi connectivity index (χ4n) is 3.65. The summed E-state index contributed by atoms with van der Waals surface area (Å²) in [7, 11) is 1.91. The van der Waals surface area contributed by atoms with E-state index in [0.717, 1.165) is 0 Å². The molecule has 0 aliphatic carbocycles. The Morgan fingerprint density at radius 3 is 2.39 bits per heavy atom. The number of nitrogens with zero attached hydrogens (tertiary/aromatic N) is 5. The molecule has 15 heteroatoms. The van der Waals surface area contributed by atoms with Gasteiger partial charge in [0, 0.05) is 45.5 Å². The molecule has 4 rings (SSSR count). The quantitative estimate of drug-likeness (QED) is 0.197. The van der Waals surface area contributed by atoms with Crippen molar-refractivity contribution in [1.82, 2.24) is 24.6 Å². The van der Waals surface area contributed by atoms with E-state index in [4.69, 9.17) is 14.2 Å². The third-order valence-electron chi connectivity index (χ3n) is 5.78. The van der Waals surface area contributed by atoms with E-state index in [1.54, 1.807) is 50.5 Å². The normalized spacial score (nSPS) is 11.2. The van der Waals surface area contributed by atoms with E-state index in [1.165, 1.54) is 36.1 Å². The van der Waals surface area contributed by atoms with Gasteiger partial charge in [0.2, 0.25) is 5.91 Å². The second-order valence-electron chi connectivity index (χ2n) is 8.91. The summed E-state index contributed by atoms with van der Waals surface area (Å²) in [4.78, 5) is 22.5. The number of rotatable bonds is 13. The molecule has 0 spiro atoms. The Bertz CT molecular complexity index is 1640. The number of para-hydroxylation sites is 2. The molecule has 218 valence electrons. The maximum absolute atomic E-state index is 13.4. The lowest BCUT2D eigenvalue weighted by molar-refractivity contribution is -0.129. The average Bonchev–Trinajstić information content (AvgIpc) is 3.43. The van der Waals surface area contributed by atoms with Gasteiger partial charge in [-0.3, -0.25) is 14.2 Å². The topological polar surface area (TPSA) is 170 Å². The van der Waals surface area contributed by atoms with Crippen molar-refractivity contribution in [3.05, 3.63) is 48.7 Å². The molecule has 2 heterocycles. The van der Waals surface area contributed by atoms with Crippen LogP contribution < -0.4 is 24.2 Å². The number of benzene rings is 2. The van der Waals surface area contributed by atoms with Crippen LogP contribution in [-0.2, 0) is 21.4 Å². The Balaban J connectivity index is 1.75. The number of methoxy groups -OCH3 is 2. The summed E-state index contributed by atoms with van der Waals surface area (Å²) >= 11 is 0. The molecule has 0 saturated heterocycles. The zero-order chi connectivity index (χ0) is 29.6. The van der Waals surface area contributed by atoms with Crippen LogP contribution in [-0.4, -0.2) is 85.6 Å². The van der Waals surface area contributed by atoms with Crippen LogP contribution in [0, 0.1) is 0 Å². The lowest BCUT2D eigenvalue weighted by atomic mass is 10.2. The Kier molecular flexibility index (Phi) is 9.09. The van der Waals surface area contributed by atoms with Crippen molar-refractivity contribution in [2.75, 3.05) is 51.6 Å². The van der Waals surface area contributed by atoms with E-state index in [9.17, 15) is 18.3 Å². The zero-order valence-electron chi connectivity index (χ0n) is 23.0. The molecule has 2 aromatic heterocycles. The number of aromatic nitrogens is 4. The van der Waals surface area contributed by atoms with Crippen molar-refractivity contribution in [3.63, 3.8) is 0 Å². The second kappa shape index (κ2) is 12.7.